The molecule has 0 aliphatic carbocycles. The molecule has 3 aliphatic rings. The number of carbonyl (C=O) groups is 1. The highest BCUT2D eigenvalue weighted by molar-refractivity contribution is 5.73. The summed E-state index contributed by atoms with van der Waals surface area (Å²) in [5.41, 5.74) is 4.01. The number of benzene rings is 3. The summed E-state index contributed by atoms with van der Waals surface area (Å²) in [5.74, 6) is 0.862. The number of hydrogen-bond donors (Lipinski definition) is 4. The molecule has 12 heteroatoms. The van der Waals surface area contributed by atoms with Crippen molar-refractivity contribution in [2.75, 3.05) is 51.7 Å². The number of fused-ring (bicyclic) bond motifs is 1. The van der Waals surface area contributed by atoms with Gasteiger partial charge in [-0.25, -0.2) is 9.18 Å². The number of nitrogens with one attached hydrogen (secondary N) is 4. The topological polar surface area (TPSA) is 109 Å². The highest BCUT2D eigenvalue weighted by atomic mass is 19.1. The summed E-state index contributed by atoms with van der Waals surface area (Å²) >= 11 is 0. The molecule has 2 atom stereocenters. The number of nitrogens with zero attached hydrogens (tertiary/aromatic N) is 2. The predicted molar refractivity (Wildman–Crippen MR) is 187 cm³/mol. The molecule has 0 radical (unpaired) electrons. The molecule has 11 nitrogen and oxygen atoms in total. The van der Waals surface area contributed by atoms with Gasteiger partial charge in [0.15, 0.2) is 23.6 Å². The van der Waals surface area contributed by atoms with Crippen LogP contribution in [-0.2, 0) is 11.3 Å². The predicted octanol–water partition coefficient (Wildman–Crippen LogP) is 5.19. The second kappa shape index (κ2) is 15.2. The molecule has 0 aromatic heterocycles. The molecule has 0 saturated carbocycles. The van der Waals surface area contributed by atoms with Crippen LogP contribution in [0.25, 0.3) is 6.08 Å². The van der Waals surface area contributed by atoms with E-state index >= 15 is 4.39 Å². The summed E-state index contributed by atoms with van der Waals surface area (Å²) in [7, 11) is 2.14. The maximum absolute atomic E-state index is 15.1. The van der Waals surface area contributed by atoms with Crippen LogP contribution in [0.4, 0.5) is 14.9 Å². The minimum Gasteiger partial charge on any atom is -0.490 e. The Balaban J connectivity index is 1.13. The first kappa shape index (κ1) is 34.1. The van der Waals surface area contributed by atoms with E-state index in [4.69, 9.17) is 19.2 Å². The Bertz CT molecular complexity index is 1690. The first-order chi connectivity index (χ1) is 23.6. The number of piperazine rings is 1. The summed E-state index contributed by atoms with van der Waals surface area (Å²) in [5, 5.41) is 13.0. The summed E-state index contributed by atoms with van der Waals surface area (Å²) in [6, 6.07) is 14.5. The average molecular weight is 673 g/mol. The number of likely N-dealkylation sites (N-methyl/N-ethyl adjacent to an activating group) is 1. The van der Waals surface area contributed by atoms with E-state index in [1.54, 1.807) is 18.3 Å². The number of carbonyl (C=O) groups excluding carboxylic acids is 1. The quantitative estimate of drug-likeness (QED) is 0.161. The van der Waals surface area contributed by atoms with Crippen molar-refractivity contribution in [2.24, 2.45) is 0 Å². The van der Waals surface area contributed by atoms with Gasteiger partial charge in [0.25, 0.3) is 0 Å². The molecule has 49 heavy (non-hydrogen) atoms. The van der Waals surface area contributed by atoms with Gasteiger partial charge in [0.05, 0.1) is 6.61 Å². The number of hydrogen-bond acceptors (Lipinski definition) is 10. The van der Waals surface area contributed by atoms with Crippen molar-refractivity contribution in [1.29, 1.82) is 0 Å². The molecule has 1 saturated heterocycles. The van der Waals surface area contributed by atoms with Gasteiger partial charge in [0.1, 0.15) is 17.7 Å². The highest BCUT2D eigenvalue weighted by Gasteiger charge is 2.36. The smallest absolute Gasteiger partial charge is 0.414 e. The zero-order chi connectivity index (χ0) is 34.4. The van der Waals surface area contributed by atoms with E-state index in [9.17, 15) is 4.79 Å². The Morgan fingerprint density at radius 2 is 1.86 bits per heavy atom. The lowest BCUT2D eigenvalue weighted by molar-refractivity contribution is -0.151. The molecular weight excluding hydrogens is 627 g/mol. The Morgan fingerprint density at radius 3 is 2.63 bits per heavy atom. The van der Waals surface area contributed by atoms with Gasteiger partial charge in [-0.3, -0.25) is 20.4 Å². The lowest BCUT2D eigenvalue weighted by atomic mass is 9.96. The SMILES string of the molecule is Cc1cc(C)c(OC(=O)NC2(Cc3ccc4c(c3)C=COO4)C=CNC(Nc3ccc(OCCCN4CCN(C)CC4)c(F)c3)N2)c(C)c1. The Hall–Kier alpha value is -4.78. The molecule has 4 N–H and O–H groups in total. The number of anilines is 1. The van der Waals surface area contributed by atoms with Crippen molar-refractivity contribution in [3.63, 3.8) is 0 Å². The molecule has 3 aromatic rings. The van der Waals surface area contributed by atoms with Crippen molar-refractivity contribution in [3.05, 3.63) is 101 Å². The number of aryl methyl sites for hydroxylation is 3. The fraction of sp³-hybridized carbons (Fsp3) is 0.378. The van der Waals surface area contributed by atoms with Crippen LogP contribution in [-0.4, -0.2) is 74.2 Å². The highest BCUT2D eigenvalue weighted by Crippen LogP contribution is 2.29. The molecule has 3 aromatic carbocycles. The molecule has 260 valence electrons. The first-order valence-electron chi connectivity index (χ1n) is 16.7. The maximum atomic E-state index is 15.1. The van der Waals surface area contributed by atoms with Crippen molar-refractivity contribution >= 4 is 17.9 Å². The zero-order valence-corrected chi connectivity index (χ0v) is 28.5. The summed E-state index contributed by atoms with van der Waals surface area (Å²) in [6.07, 6.45) is 6.83. The summed E-state index contributed by atoms with van der Waals surface area (Å²) < 4.78 is 26.8. The maximum Gasteiger partial charge on any atom is 0.414 e. The minimum atomic E-state index is -1.10. The fourth-order valence-corrected chi connectivity index (χ4v) is 6.40. The van der Waals surface area contributed by atoms with Crippen LogP contribution in [0.3, 0.4) is 0 Å². The van der Waals surface area contributed by atoms with Gasteiger partial charge in [-0.15, -0.1) is 0 Å². The van der Waals surface area contributed by atoms with Gasteiger partial charge in [-0.2, -0.15) is 0 Å². The number of ether oxygens (including phenoxy) is 2. The van der Waals surface area contributed by atoms with Gasteiger partial charge in [-0.1, -0.05) is 23.8 Å². The summed E-state index contributed by atoms with van der Waals surface area (Å²) in [4.78, 5) is 28.4. The van der Waals surface area contributed by atoms with Crippen molar-refractivity contribution in [1.82, 2.24) is 25.8 Å². The number of rotatable bonds is 11. The fourth-order valence-electron chi connectivity index (χ4n) is 6.40. The van der Waals surface area contributed by atoms with E-state index in [1.165, 1.54) is 12.3 Å². The standard InChI is InChI=1S/C37H45FN6O5/c1-25-20-26(2)34(27(3)21-25)48-36(45)42-37(24-28-6-8-32-29(22-28)10-19-47-49-32)11-12-39-35(41-37)40-30-7-9-33(31(38)23-30)46-18-5-13-44-16-14-43(4)15-17-44/h6-12,19-23,35,39-41H,5,13-18,24H2,1-4H3,(H,42,45). The third-order valence-electron chi connectivity index (χ3n) is 8.87. The van der Waals surface area contributed by atoms with Crippen LogP contribution in [0, 0.1) is 26.6 Å². The van der Waals surface area contributed by atoms with E-state index in [-0.39, 0.29) is 5.75 Å². The van der Waals surface area contributed by atoms with Crippen LogP contribution in [0.15, 0.2) is 67.1 Å². The molecule has 0 spiro atoms. The van der Waals surface area contributed by atoms with Gasteiger partial charge in [0.2, 0.25) is 0 Å². The first-order valence-corrected chi connectivity index (χ1v) is 16.7. The Morgan fingerprint density at radius 1 is 1.06 bits per heavy atom. The van der Waals surface area contributed by atoms with Gasteiger partial charge in [-0.05, 0) is 93.5 Å². The van der Waals surface area contributed by atoms with E-state index in [0.717, 1.165) is 67.0 Å². The van der Waals surface area contributed by atoms with Crippen molar-refractivity contribution < 1.29 is 28.4 Å². The largest absolute Gasteiger partial charge is 0.490 e. The summed E-state index contributed by atoms with van der Waals surface area (Å²) in [6.45, 7) is 11.4. The van der Waals surface area contributed by atoms with E-state index < -0.39 is 23.9 Å². The van der Waals surface area contributed by atoms with E-state index in [2.05, 4.69) is 38.1 Å². The minimum absolute atomic E-state index is 0.213. The third-order valence-corrected chi connectivity index (χ3v) is 8.87. The van der Waals surface area contributed by atoms with Crippen LogP contribution in [0.1, 0.15) is 34.2 Å². The molecule has 0 bridgehead atoms. The monoisotopic (exact) mass is 672 g/mol. The molecule has 6 rings (SSSR count). The molecule has 1 fully saturated rings. The normalized spacial score (nSPS) is 20.4. The Labute approximate surface area is 287 Å². The van der Waals surface area contributed by atoms with Crippen molar-refractivity contribution in [2.45, 2.75) is 45.6 Å². The third kappa shape index (κ3) is 8.83. The van der Waals surface area contributed by atoms with Crippen LogP contribution < -0.4 is 35.6 Å². The number of amides is 1. The molecule has 2 unspecified atom stereocenters. The van der Waals surface area contributed by atoms with Crippen LogP contribution >= 0.6 is 0 Å². The molecule has 3 aliphatic heterocycles. The lowest BCUT2D eigenvalue weighted by Gasteiger charge is -2.40. The van der Waals surface area contributed by atoms with E-state index in [1.807, 2.05) is 63.3 Å². The average Bonchev–Trinajstić information content (AvgIpc) is 3.06. The molecular formula is C37H45FN6O5. The van der Waals surface area contributed by atoms with Gasteiger partial charge >= 0.3 is 6.09 Å². The molecule has 1 amide bonds. The lowest BCUT2D eigenvalue weighted by Crippen LogP contribution is -2.68. The molecule has 3 heterocycles. The van der Waals surface area contributed by atoms with Crippen LogP contribution in [0.5, 0.6) is 17.2 Å². The number of halogens is 1. The van der Waals surface area contributed by atoms with Gasteiger partial charge in [0, 0.05) is 56.5 Å². The van der Waals surface area contributed by atoms with Gasteiger partial charge < -0.3 is 29.9 Å². The zero-order valence-electron chi connectivity index (χ0n) is 28.5. The van der Waals surface area contributed by atoms with E-state index in [0.29, 0.717) is 30.2 Å². The Kier molecular flexibility index (Phi) is 10.6. The second-order valence-corrected chi connectivity index (χ2v) is 13.0. The second-order valence-electron chi connectivity index (χ2n) is 13.0. The van der Waals surface area contributed by atoms with Crippen LogP contribution in [0.2, 0.25) is 0 Å². The van der Waals surface area contributed by atoms with Crippen molar-refractivity contribution in [3.8, 4) is 17.2 Å².